The molecule has 1 aromatic rings. The molecule has 0 aromatic carbocycles. The number of likely N-dealkylation sites (N-methyl/N-ethyl adjacent to an activating group) is 1. The van der Waals surface area contributed by atoms with E-state index in [-0.39, 0.29) is 0 Å². The summed E-state index contributed by atoms with van der Waals surface area (Å²) >= 11 is 0. The molecule has 4 N–H and O–H groups in total. The number of rotatable bonds is 4. The molecule has 2 heterocycles. The summed E-state index contributed by atoms with van der Waals surface area (Å²) in [4.78, 5) is 11.0. The zero-order valence-electron chi connectivity index (χ0n) is 11.9. The van der Waals surface area contributed by atoms with Crippen molar-refractivity contribution in [3.8, 4) is 0 Å². The Labute approximate surface area is 119 Å². The number of hydrogen-bond donors (Lipinski definition) is 3. The molecule has 0 unspecified atom stereocenters. The number of nitrogen functional groups attached to an aromatic ring is 1. The molecule has 0 radical (unpaired) electrons. The van der Waals surface area contributed by atoms with Gasteiger partial charge in [-0.05, 0) is 38.6 Å². The van der Waals surface area contributed by atoms with Gasteiger partial charge in [0.05, 0.1) is 0 Å². The lowest BCUT2D eigenvalue weighted by molar-refractivity contribution is 0.00182. The number of nitrogens with zero attached hydrogens (tertiary/aromatic N) is 3. The van der Waals surface area contributed by atoms with E-state index in [0.717, 1.165) is 37.1 Å². The maximum absolute atomic E-state index is 5.88. The Morgan fingerprint density at radius 3 is 2.75 bits per heavy atom. The molecular weight excluding hydrogens is 252 g/mol. The largest absolute Gasteiger partial charge is 0.368 e. The maximum Gasteiger partial charge on any atom is 0.223 e. The van der Waals surface area contributed by atoms with Crippen LogP contribution < -0.4 is 21.3 Å². The van der Waals surface area contributed by atoms with Crippen LogP contribution in [-0.2, 0) is 0 Å². The molecule has 108 valence electrons. The lowest BCUT2D eigenvalue weighted by Crippen LogP contribution is -2.63. The smallest absolute Gasteiger partial charge is 0.223 e. The fourth-order valence-electron chi connectivity index (χ4n) is 3.79. The average Bonchev–Trinajstić information content (AvgIpc) is 2.80. The normalized spacial score (nSPS) is 34.5. The Morgan fingerprint density at radius 1 is 1.35 bits per heavy atom. The zero-order valence-corrected chi connectivity index (χ0v) is 11.9. The van der Waals surface area contributed by atoms with E-state index in [2.05, 4.69) is 31.6 Å². The van der Waals surface area contributed by atoms with E-state index in [9.17, 15) is 0 Å². The van der Waals surface area contributed by atoms with Gasteiger partial charge in [-0.3, -0.25) is 0 Å². The van der Waals surface area contributed by atoms with Crippen molar-refractivity contribution in [2.75, 3.05) is 36.1 Å². The number of aromatic nitrogens is 2. The number of nitrogens with one attached hydrogen (secondary N) is 2. The van der Waals surface area contributed by atoms with Crippen molar-refractivity contribution in [2.45, 2.75) is 37.3 Å². The van der Waals surface area contributed by atoms with E-state index in [1.165, 1.54) is 19.3 Å². The summed E-state index contributed by atoms with van der Waals surface area (Å²) in [7, 11) is 2.01. The van der Waals surface area contributed by atoms with Gasteiger partial charge >= 0.3 is 0 Å². The van der Waals surface area contributed by atoms with Gasteiger partial charge in [-0.25, -0.2) is 0 Å². The monoisotopic (exact) mass is 274 g/mol. The fourth-order valence-corrected chi connectivity index (χ4v) is 3.79. The molecule has 1 atom stereocenters. The van der Waals surface area contributed by atoms with Crippen molar-refractivity contribution in [3.63, 3.8) is 0 Å². The van der Waals surface area contributed by atoms with Crippen LogP contribution in [0.15, 0.2) is 6.07 Å². The van der Waals surface area contributed by atoms with Gasteiger partial charge < -0.3 is 21.3 Å². The molecule has 4 aliphatic rings. The second-order valence-electron chi connectivity index (χ2n) is 6.57. The molecular formula is C14H22N6. The second-order valence-corrected chi connectivity index (χ2v) is 6.57. The topological polar surface area (TPSA) is 79.1 Å². The highest BCUT2D eigenvalue weighted by Gasteiger charge is 2.56. The Hall–Kier alpha value is -1.56. The number of anilines is 3. The van der Waals surface area contributed by atoms with E-state index in [0.29, 0.717) is 17.5 Å². The Balaban J connectivity index is 1.52. The van der Waals surface area contributed by atoms with Crippen LogP contribution in [0.5, 0.6) is 0 Å². The minimum absolute atomic E-state index is 0.321. The first-order chi connectivity index (χ1) is 9.66. The molecule has 4 fully saturated rings. The average molecular weight is 274 g/mol. The fraction of sp³-hybridized carbons (Fsp3) is 0.714. The highest BCUT2D eigenvalue weighted by atomic mass is 15.3. The summed E-state index contributed by atoms with van der Waals surface area (Å²) < 4.78 is 0. The standard InChI is InChI=1S/C14H22N6/c1-16-10-2-3-20(8-10)12-4-11(17-13(15)18-12)19-14-5-9(6-14)7-14/h4,9-10,16H,2-3,5-8H2,1H3,(H3,15,17,18,19)/t9?,10-,14?/m1/s1. The van der Waals surface area contributed by atoms with Crippen LogP contribution in [0.2, 0.25) is 0 Å². The van der Waals surface area contributed by atoms with Crippen molar-refractivity contribution in [1.29, 1.82) is 0 Å². The molecule has 0 spiro atoms. The number of nitrogens with two attached hydrogens (primary N) is 1. The lowest BCUT2D eigenvalue weighted by Gasteiger charge is -2.62. The van der Waals surface area contributed by atoms with Crippen molar-refractivity contribution < 1.29 is 0 Å². The Morgan fingerprint density at radius 2 is 2.15 bits per heavy atom. The Kier molecular flexibility index (Phi) is 2.57. The van der Waals surface area contributed by atoms with E-state index in [4.69, 9.17) is 5.73 Å². The van der Waals surface area contributed by atoms with E-state index < -0.39 is 0 Å². The predicted molar refractivity (Wildman–Crippen MR) is 79.8 cm³/mol. The first-order valence-corrected chi connectivity index (χ1v) is 7.51. The third-order valence-electron chi connectivity index (χ3n) is 5.08. The molecule has 2 bridgehead atoms. The van der Waals surface area contributed by atoms with E-state index >= 15 is 0 Å². The summed E-state index contributed by atoms with van der Waals surface area (Å²) in [5.41, 5.74) is 6.20. The quantitative estimate of drug-likeness (QED) is 0.754. The molecule has 6 nitrogen and oxygen atoms in total. The number of hydrogen-bond acceptors (Lipinski definition) is 6. The molecule has 3 saturated carbocycles. The summed E-state index contributed by atoms with van der Waals surface area (Å²) in [6.07, 6.45) is 5.02. The SMILES string of the molecule is CN[C@@H]1CCN(c2cc(NC34CC(C3)C4)nc(N)n2)C1. The van der Waals surface area contributed by atoms with Gasteiger partial charge in [-0.2, -0.15) is 9.97 Å². The molecule has 1 aromatic heterocycles. The third kappa shape index (κ3) is 1.90. The molecule has 0 amide bonds. The molecule has 5 rings (SSSR count). The summed E-state index contributed by atoms with van der Waals surface area (Å²) in [6, 6.07) is 2.59. The van der Waals surface area contributed by atoms with E-state index in [1.807, 2.05) is 7.05 Å². The highest BCUT2D eigenvalue weighted by Crippen LogP contribution is 2.58. The zero-order chi connectivity index (χ0) is 13.7. The van der Waals surface area contributed by atoms with Gasteiger partial charge in [0.2, 0.25) is 5.95 Å². The minimum Gasteiger partial charge on any atom is -0.368 e. The Bertz CT molecular complexity index is 513. The van der Waals surface area contributed by atoms with Gasteiger partial charge in [0, 0.05) is 30.7 Å². The molecule has 6 heteroatoms. The van der Waals surface area contributed by atoms with Crippen LogP contribution in [-0.4, -0.2) is 41.7 Å². The van der Waals surface area contributed by atoms with Crippen LogP contribution in [0.4, 0.5) is 17.6 Å². The molecule has 1 aliphatic heterocycles. The van der Waals surface area contributed by atoms with Crippen LogP contribution >= 0.6 is 0 Å². The van der Waals surface area contributed by atoms with Crippen molar-refractivity contribution >= 4 is 17.6 Å². The summed E-state index contributed by atoms with van der Waals surface area (Å²) in [5, 5.41) is 6.90. The third-order valence-corrected chi connectivity index (χ3v) is 5.08. The lowest BCUT2D eigenvalue weighted by atomic mass is 9.50. The first-order valence-electron chi connectivity index (χ1n) is 7.51. The minimum atomic E-state index is 0.321. The first kappa shape index (κ1) is 12.2. The van der Waals surface area contributed by atoms with E-state index in [1.54, 1.807) is 0 Å². The van der Waals surface area contributed by atoms with Crippen LogP contribution in [0, 0.1) is 5.92 Å². The van der Waals surface area contributed by atoms with Crippen molar-refractivity contribution in [3.05, 3.63) is 6.07 Å². The highest BCUT2D eigenvalue weighted by molar-refractivity contribution is 5.55. The van der Waals surface area contributed by atoms with Crippen LogP contribution in [0.25, 0.3) is 0 Å². The van der Waals surface area contributed by atoms with Gasteiger partial charge in [0.15, 0.2) is 0 Å². The molecule has 3 aliphatic carbocycles. The van der Waals surface area contributed by atoms with Gasteiger partial charge in [0.25, 0.3) is 0 Å². The van der Waals surface area contributed by atoms with Crippen molar-refractivity contribution in [1.82, 2.24) is 15.3 Å². The van der Waals surface area contributed by atoms with Crippen molar-refractivity contribution in [2.24, 2.45) is 5.92 Å². The summed E-state index contributed by atoms with van der Waals surface area (Å²) in [6.45, 7) is 2.01. The van der Waals surface area contributed by atoms with Gasteiger partial charge in [-0.1, -0.05) is 0 Å². The molecule has 1 saturated heterocycles. The predicted octanol–water partition coefficient (Wildman–Crippen LogP) is 0.821. The molecule has 20 heavy (non-hydrogen) atoms. The van der Waals surface area contributed by atoms with Gasteiger partial charge in [-0.15, -0.1) is 0 Å². The van der Waals surface area contributed by atoms with Crippen LogP contribution in [0.1, 0.15) is 25.7 Å². The van der Waals surface area contributed by atoms with Gasteiger partial charge in [0.1, 0.15) is 11.6 Å². The second kappa shape index (κ2) is 4.22. The summed E-state index contributed by atoms with van der Waals surface area (Å²) in [5.74, 6) is 3.16. The maximum atomic E-state index is 5.88. The van der Waals surface area contributed by atoms with Crippen LogP contribution in [0.3, 0.4) is 0 Å².